The third kappa shape index (κ3) is 28.4. The van der Waals surface area contributed by atoms with E-state index in [9.17, 15) is 63.0 Å². The number of hydrogen-bond donors (Lipinski definition) is 20. The number of phenols is 1. The molecule has 14 atom stereocenters. The van der Waals surface area contributed by atoms with Crippen molar-refractivity contribution in [1.82, 2.24) is 92.6 Å². The summed E-state index contributed by atoms with van der Waals surface area (Å²) in [7, 11) is 3.87. The van der Waals surface area contributed by atoms with Crippen molar-refractivity contribution in [3.8, 4) is 5.75 Å². The summed E-state index contributed by atoms with van der Waals surface area (Å²) < 4.78 is 0. The predicted octanol–water partition coefficient (Wildman–Crippen LogP) is -4.39. The van der Waals surface area contributed by atoms with Gasteiger partial charge in [-0.25, -0.2) is 5.84 Å². The Morgan fingerprint density at radius 3 is 1.65 bits per heavy atom. The van der Waals surface area contributed by atoms with Crippen molar-refractivity contribution in [2.24, 2.45) is 28.8 Å². The number of benzene rings is 3. The van der Waals surface area contributed by atoms with Crippen molar-refractivity contribution >= 4 is 146 Å². The molecular formula is C87H124N24O20S. The number of amides is 17. The lowest BCUT2D eigenvalue weighted by atomic mass is 10.00. The van der Waals surface area contributed by atoms with Gasteiger partial charge >= 0.3 is 0 Å². The first-order valence-electron chi connectivity index (χ1n) is 44.0. The maximum absolute atomic E-state index is 15.7. The lowest BCUT2D eigenvalue weighted by Crippen LogP contribution is -2.63. The van der Waals surface area contributed by atoms with Gasteiger partial charge in [-0.2, -0.15) is 0 Å². The van der Waals surface area contributed by atoms with Crippen LogP contribution in [0.25, 0.3) is 21.8 Å². The van der Waals surface area contributed by atoms with Crippen molar-refractivity contribution in [1.29, 1.82) is 5.41 Å². The molecule has 25 N–H and O–H groups in total. The number of aliphatic hydroxyl groups excluding tert-OH is 1. The van der Waals surface area contributed by atoms with Gasteiger partial charge in [-0.1, -0.05) is 88.1 Å². The summed E-state index contributed by atoms with van der Waals surface area (Å²) in [6.45, 7) is 2.14. The second-order valence-corrected chi connectivity index (χ2v) is 34.1. The SMILES string of the molecule is CCCC[C@H]1C(=O)N(C)[C@@H](CCCC)C(=O)N[C@@H](CCCNC(=N)N)C(=O)N[C@H](C(=O)NCC(N)=O)CSCC(=O)N[C@@H](Cc2ccc(O)cc2)C(=O)N(C)[C@@H](C)C(=O)N[C@@H](CC(N)=O)C(=O)N2CCC[C@H]2C(=O)N[C@@H](CN)C(=O)N[C@@H](CCC=O)C(=O)N2CCC[C@H]2C(=O)N(N)[C@@H](Cc2c[nH]c3ccccc23)C(=O)N[C@@H](CO)C(=O)N[C@@H](Cc2c[nH]c3ccccc23)C(=O)N1C. The minimum absolute atomic E-state index is 0.0182. The summed E-state index contributed by atoms with van der Waals surface area (Å²) >= 11 is 0.753. The molecule has 5 heterocycles. The van der Waals surface area contributed by atoms with Crippen molar-refractivity contribution in [2.75, 3.05) is 72.0 Å². The summed E-state index contributed by atoms with van der Waals surface area (Å²) in [5.74, 6) is -11.3. The smallest absolute Gasteiger partial charge is 0.260 e. The van der Waals surface area contributed by atoms with E-state index in [1.165, 1.54) is 52.3 Å². The number of unbranched alkanes of at least 4 members (excludes halogenated alkanes) is 2. The average molecular weight is 1860 g/mol. The number of fused-ring (bicyclic) bond motifs is 4. The van der Waals surface area contributed by atoms with E-state index in [2.05, 4.69) is 63.1 Å². The number of para-hydroxylation sites is 2. The number of rotatable bonds is 26. The molecule has 3 aliphatic rings. The second kappa shape index (κ2) is 50.2. The number of primary amides is 2. The molecule has 132 heavy (non-hydrogen) atoms. The first-order valence-corrected chi connectivity index (χ1v) is 45.1. The van der Waals surface area contributed by atoms with Crippen molar-refractivity contribution < 1.29 is 96.5 Å². The number of H-pyrrole nitrogens is 2. The second-order valence-electron chi connectivity index (χ2n) is 33.0. The van der Waals surface area contributed by atoms with Gasteiger partial charge in [0, 0.05) is 113 Å². The Morgan fingerprint density at radius 2 is 1.05 bits per heavy atom. The number of nitrogens with two attached hydrogens (primary N) is 5. The lowest BCUT2D eigenvalue weighted by molar-refractivity contribution is -0.150. The van der Waals surface area contributed by atoms with Crippen LogP contribution in [0.15, 0.2) is 85.2 Å². The summed E-state index contributed by atoms with van der Waals surface area (Å²) in [5.41, 5.74) is 25.4. The van der Waals surface area contributed by atoms with E-state index in [1.807, 2.05) is 13.8 Å². The number of likely N-dealkylation sites (N-methyl/N-ethyl adjacent to an activating group) is 3. The largest absolute Gasteiger partial charge is 0.508 e. The highest BCUT2D eigenvalue weighted by molar-refractivity contribution is 8.00. The highest BCUT2D eigenvalue weighted by Crippen LogP contribution is 2.28. The Bertz CT molecular complexity index is 4980. The first-order chi connectivity index (χ1) is 62.9. The summed E-state index contributed by atoms with van der Waals surface area (Å²) in [6, 6.07) is -2.75. The van der Waals surface area contributed by atoms with E-state index in [-0.39, 0.29) is 109 Å². The van der Waals surface area contributed by atoms with Crippen LogP contribution in [0.4, 0.5) is 0 Å². The fraction of sp³-hybridized carbons (Fsp3) is 0.529. The molecule has 17 amide bonds. The molecule has 0 bridgehead atoms. The van der Waals surface area contributed by atoms with Crippen molar-refractivity contribution in [3.63, 3.8) is 0 Å². The molecule has 0 saturated carbocycles. The number of hydrogen-bond acceptors (Lipinski definition) is 24. The maximum atomic E-state index is 15.7. The normalized spacial score (nSPS) is 24.5. The molecule has 0 spiro atoms. The number of aromatic amines is 2. The molecule has 3 aromatic carbocycles. The van der Waals surface area contributed by atoms with Gasteiger partial charge in [-0.05, 0) is 106 Å². The molecule has 718 valence electrons. The minimum Gasteiger partial charge on any atom is -0.508 e. The van der Waals surface area contributed by atoms with Crippen LogP contribution in [0.1, 0.15) is 134 Å². The van der Waals surface area contributed by atoms with E-state index >= 15 is 33.6 Å². The summed E-state index contributed by atoms with van der Waals surface area (Å²) in [4.78, 5) is 272. The van der Waals surface area contributed by atoms with E-state index in [0.29, 0.717) is 75.5 Å². The number of aromatic hydroxyl groups is 1. The van der Waals surface area contributed by atoms with Crippen molar-refractivity contribution in [2.45, 2.75) is 221 Å². The van der Waals surface area contributed by atoms with Gasteiger partial charge in [0.15, 0.2) is 5.96 Å². The zero-order chi connectivity index (χ0) is 96.7. The van der Waals surface area contributed by atoms with Gasteiger partial charge in [0.05, 0.1) is 25.3 Å². The van der Waals surface area contributed by atoms with Crippen LogP contribution in [0, 0.1) is 5.41 Å². The topological polar surface area (TPSA) is 673 Å². The summed E-state index contributed by atoms with van der Waals surface area (Å²) in [5, 5.41) is 56.8. The highest BCUT2D eigenvalue weighted by atomic mass is 32.2. The standard InChI is InChI=1S/C87H124N24O20S/c1-7-9-25-65-78(123)99-57(23-15-33-94-87(91)92)75(120)105-64(74(119)97-44-71(90)116)46-132-47-72(117)98-59(37-49-29-31-52(114)32-30-49)81(126)106(4)48(3)73(118)101-61(40-70(89)115)84(129)109-34-16-27-66(109)79(124)103-62(41-88)76(121)100-58(24-18-36-112)83(128)110-35-17-28-68(110)86(131)111(93)69(39-51-43-96-56-22-14-12-20-54(51)56)80(125)104-63(45-113)77(122)102-60(38-50-42-95-55-21-13-11-19-53(50)55)82(127)108(6)67(26-10-8-2)85(130)107(65)5/h11-14,19-22,29-32,36,42-43,48,57-69,95-96,113-114H,7-10,15-18,23-28,33-35,37-41,44-47,88,93H2,1-6H3,(H2,89,115)(H2,90,116)(H,97,119)(H,98,117)(H,99,123)(H,100,121)(H,101,118)(H,102,122)(H,103,124)(H,104,125)(H,105,120)(H4,91,92,94)/t48-,57-,58-,59-,60-,61-,62-,63-,64-,65-,66-,67-,68-,69-/m0/s1. The fourth-order valence-electron chi connectivity index (χ4n) is 16.1. The molecule has 2 aromatic heterocycles. The van der Waals surface area contributed by atoms with Crippen molar-refractivity contribution in [3.05, 3.63) is 102 Å². The first kappa shape index (κ1) is 104. The average Bonchev–Trinajstić information content (AvgIpc) is 1.61. The van der Waals surface area contributed by atoms with Gasteiger partial charge in [-0.15, -0.1) is 11.8 Å². The Hall–Kier alpha value is -13.3. The monoisotopic (exact) mass is 1860 g/mol. The van der Waals surface area contributed by atoms with Crippen LogP contribution in [0.2, 0.25) is 0 Å². The number of phenolic OH excluding ortho intramolecular Hbond substituents is 1. The van der Waals surface area contributed by atoms with E-state index < -0.39 is 229 Å². The van der Waals surface area contributed by atoms with E-state index in [4.69, 9.17) is 34.2 Å². The predicted molar refractivity (Wildman–Crippen MR) is 484 cm³/mol. The number of hydrazine groups is 1. The quantitative estimate of drug-likeness (QED) is 0.00621. The molecule has 0 aliphatic carbocycles. The van der Waals surface area contributed by atoms with Crippen LogP contribution in [0.5, 0.6) is 5.75 Å². The molecule has 0 radical (unpaired) electrons. The number of aliphatic hydroxyl groups is 1. The number of carbonyl (C=O) groups is 18. The van der Waals surface area contributed by atoms with Crippen LogP contribution >= 0.6 is 11.8 Å². The Kier molecular flexibility index (Phi) is 39.6. The van der Waals surface area contributed by atoms with Gasteiger partial charge in [0.25, 0.3) is 5.91 Å². The zero-order valence-corrected chi connectivity index (χ0v) is 75.7. The molecule has 3 fully saturated rings. The number of thioether (sulfide) groups is 1. The van der Waals surface area contributed by atoms with E-state index in [0.717, 1.165) is 36.3 Å². The molecule has 44 nitrogen and oxygen atoms in total. The van der Waals surface area contributed by atoms with Crippen LogP contribution in [0.3, 0.4) is 0 Å². The number of aromatic nitrogens is 2. The lowest BCUT2D eigenvalue weighted by Gasteiger charge is -2.36. The molecule has 45 heteroatoms. The number of carbonyl (C=O) groups excluding carboxylic acids is 18. The molecule has 5 aromatic rings. The maximum Gasteiger partial charge on any atom is 0.260 e. The van der Waals surface area contributed by atoms with Crippen LogP contribution in [-0.2, 0) is 106 Å². The van der Waals surface area contributed by atoms with Gasteiger partial charge < -0.3 is 126 Å². The van der Waals surface area contributed by atoms with E-state index in [1.54, 1.807) is 60.9 Å². The fourth-order valence-corrected chi connectivity index (χ4v) is 17.0. The number of aldehydes is 1. The summed E-state index contributed by atoms with van der Waals surface area (Å²) in [6.07, 6.45) is 2.76. The van der Waals surface area contributed by atoms with Crippen LogP contribution in [-0.4, -0.2) is 319 Å². The molecule has 8 rings (SSSR count). The third-order valence-electron chi connectivity index (χ3n) is 23.6. The zero-order valence-electron chi connectivity index (χ0n) is 74.8. The highest BCUT2D eigenvalue weighted by Gasteiger charge is 2.46. The molecule has 0 unspecified atom stereocenters. The third-order valence-corrected chi connectivity index (χ3v) is 24.7. The van der Waals surface area contributed by atoms with Gasteiger partial charge in [0.1, 0.15) is 96.6 Å². The Balaban J connectivity index is 1.19. The van der Waals surface area contributed by atoms with Gasteiger partial charge in [-0.3, -0.25) is 91.9 Å². The Labute approximate surface area is 766 Å². The molecular weight excluding hydrogens is 1730 g/mol. The molecule has 3 aliphatic heterocycles. The minimum atomic E-state index is -1.93. The number of nitrogens with one attached hydrogen (secondary N) is 13. The van der Waals surface area contributed by atoms with Gasteiger partial charge in [0.2, 0.25) is 94.5 Å². The van der Waals surface area contributed by atoms with Crippen LogP contribution < -0.4 is 81.9 Å². The Morgan fingerprint density at radius 1 is 0.530 bits per heavy atom. The molecule has 3 saturated heterocycles. The number of nitrogens with zero attached hydrogens (tertiary/aromatic N) is 6. The number of guanidine groups is 1.